The monoisotopic (exact) mass is 239 g/mol. The van der Waals surface area contributed by atoms with Crippen LogP contribution in [0.3, 0.4) is 0 Å². The number of hydrogen-bond acceptors (Lipinski definition) is 2. The van der Waals surface area contributed by atoms with Gasteiger partial charge in [-0.2, -0.15) is 0 Å². The number of hydrogen-bond donors (Lipinski definition) is 1. The summed E-state index contributed by atoms with van der Waals surface area (Å²) in [6, 6.07) is 17.5. The van der Waals surface area contributed by atoms with Gasteiger partial charge in [-0.15, -0.1) is 0 Å². The van der Waals surface area contributed by atoms with Crippen molar-refractivity contribution in [3.63, 3.8) is 0 Å². The largest absolute Gasteiger partial charge is 0.398 e. The third-order valence-electron chi connectivity index (χ3n) is 2.91. The smallest absolute Gasteiger partial charge is 0.0356 e. The summed E-state index contributed by atoms with van der Waals surface area (Å²) in [4.78, 5) is 2.17. The molecule has 0 saturated carbocycles. The first-order valence-electron chi connectivity index (χ1n) is 6.12. The van der Waals surface area contributed by atoms with E-state index in [4.69, 9.17) is 5.73 Å². The van der Waals surface area contributed by atoms with Gasteiger partial charge in [0.2, 0.25) is 0 Å². The Morgan fingerprint density at radius 1 is 1.06 bits per heavy atom. The second-order valence-corrected chi connectivity index (χ2v) is 4.86. The average molecular weight is 239 g/mol. The molecule has 0 spiro atoms. The molecule has 2 nitrogen and oxygen atoms in total. The van der Waals surface area contributed by atoms with Crippen molar-refractivity contribution in [2.75, 3.05) is 19.8 Å². The second kappa shape index (κ2) is 5.69. The minimum Gasteiger partial charge on any atom is -0.398 e. The van der Waals surface area contributed by atoms with Crippen LogP contribution in [0, 0.1) is 6.07 Å². The second-order valence-electron chi connectivity index (χ2n) is 4.86. The lowest BCUT2D eigenvalue weighted by Gasteiger charge is -2.10. The predicted octanol–water partition coefficient (Wildman–Crippen LogP) is 2.72. The standard InChI is InChI=1S/C16H19N2/c1-18(2)12-14-9-7-13(8-10-14)11-15-5-3-4-6-16(15)17/h3,5-10H,11-12,17H2,1-2H3. The maximum absolute atomic E-state index is 5.93. The molecule has 2 rings (SSSR count). The lowest BCUT2D eigenvalue weighted by Crippen LogP contribution is -2.10. The summed E-state index contributed by atoms with van der Waals surface area (Å²) in [5.41, 5.74) is 10.5. The molecule has 0 saturated heterocycles. The van der Waals surface area contributed by atoms with Crippen LogP contribution in [0.5, 0.6) is 0 Å². The summed E-state index contributed by atoms with van der Waals surface area (Å²) in [6.45, 7) is 0.975. The number of nitrogens with two attached hydrogens (primary N) is 1. The highest BCUT2D eigenvalue weighted by molar-refractivity contribution is 5.48. The lowest BCUT2D eigenvalue weighted by atomic mass is 10.0. The summed E-state index contributed by atoms with van der Waals surface area (Å²) in [5, 5.41) is 0. The fourth-order valence-corrected chi connectivity index (χ4v) is 1.98. The van der Waals surface area contributed by atoms with Crippen LogP contribution in [0.25, 0.3) is 0 Å². The van der Waals surface area contributed by atoms with Crippen LogP contribution in [-0.2, 0) is 13.0 Å². The molecule has 2 aromatic carbocycles. The SMILES string of the molecule is CN(C)Cc1ccc(Cc2cc[c]cc2N)cc1. The molecule has 0 aliphatic heterocycles. The highest BCUT2D eigenvalue weighted by Gasteiger charge is 2.01. The number of benzene rings is 2. The molecule has 0 heterocycles. The van der Waals surface area contributed by atoms with Crippen LogP contribution in [0.1, 0.15) is 16.7 Å². The molecule has 93 valence electrons. The molecule has 1 radical (unpaired) electrons. The molecule has 0 fully saturated rings. The van der Waals surface area contributed by atoms with Gasteiger partial charge in [0, 0.05) is 12.2 Å². The molecule has 0 atom stereocenters. The normalized spacial score (nSPS) is 10.8. The van der Waals surface area contributed by atoms with E-state index in [9.17, 15) is 0 Å². The van der Waals surface area contributed by atoms with Crippen LogP contribution in [-0.4, -0.2) is 19.0 Å². The first-order valence-corrected chi connectivity index (χ1v) is 6.12. The van der Waals surface area contributed by atoms with Crippen LogP contribution >= 0.6 is 0 Å². The Balaban J connectivity index is 2.09. The first-order chi connectivity index (χ1) is 8.65. The van der Waals surface area contributed by atoms with Gasteiger partial charge in [-0.25, -0.2) is 0 Å². The van der Waals surface area contributed by atoms with Gasteiger partial charge in [0.25, 0.3) is 0 Å². The highest BCUT2D eigenvalue weighted by atomic mass is 15.0. The molecule has 0 aliphatic rings. The van der Waals surface area contributed by atoms with Crippen molar-refractivity contribution < 1.29 is 0 Å². The van der Waals surface area contributed by atoms with Crippen molar-refractivity contribution in [1.29, 1.82) is 0 Å². The Bertz CT molecular complexity index is 501. The van der Waals surface area contributed by atoms with Gasteiger partial charge in [-0.3, -0.25) is 0 Å². The molecular weight excluding hydrogens is 220 g/mol. The van der Waals surface area contributed by atoms with E-state index in [1.807, 2.05) is 18.2 Å². The average Bonchev–Trinajstić information content (AvgIpc) is 2.34. The van der Waals surface area contributed by atoms with Crippen molar-refractivity contribution in [3.8, 4) is 0 Å². The minimum atomic E-state index is 0.815. The number of anilines is 1. The third-order valence-corrected chi connectivity index (χ3v) is 2.91. The van der Waals surface area contributed by atoms with E-state index < -0.39 is 0 Å². The van der Waals surface area contributed by atoms with Crippen molar-refractivity contribution in [1.82, 2.24) is 4.90 Å². The number of nitrogen functional groups attached to an aromatic ring is 1. The van der Waals surface area contributed by atoms with Gasteiger partial charge in [-0.1, -0.05) is 36.4 Å². The van der Waals surface area contributed by atoms with E-state index in [2.05, 4.69) is 49.3 Å². The zero-order valence-corrected chi connectivity index (χ0v) is 11.0. The van der Waals surface area contributed by atoms with Crippen molar-refractivity contribution in [2.45, 2.75) is 13.0 Å². The first kappa shape index (κ1) is 12.7. The van der Waals surface area contributed by atoms with Crippen LogP contribution < -0.4 is 5.73 Å². The number of rotatable bonds is 4. The summed E-state index contributed by atoms with van der Waals surface area (Å²) in [5.74, 6) is 0. The summed E-state index contributed by atoms with van der Waals surface area (Å²) in [6.07, 6.45) is 0.878. The maximum atomic E-state index is 5.93. The molecular formula is C16H19N2. The van der Waals surface area contributed by atoms with E-state index in [-0.39, 0.29) is 0 Å². The maximum Gasteiger partial charge on any atom is 0.0356 e. The van der Waals surface area contributed by atoms with Crippen molar-refractivity contribution >= 4 is 5.69 Å². The summed E-state index contributed by atoms with van der Waals surface area (Å²) in [7, 11) is 4.16. The van der Waals surface area contributed by atoms with Gasteiger partial charge in [-0.05, 0) is 49.3 Å². The highest BCUT2D eigenvalue weighted by Crippen LogP contribution is 2.16. The van der Waals surface area contributed by atoms with Crippen LogP contribution in [0.4, 0.5) is 5.69 Å². The predicted molar refractivity (Wildman–Crippen MR) is 76.3 cm³/mol. The lowest BCUT2D eigenvalue weighted by molar-refractivity contribution is 0.402. The zero-order chi connectivity index (χ0) is 13.0. The van der Waals surface area contributed by atoms with E-state index >= 15 is 0 Å². The van der Waals surface area contributed by atoms with Gasteiger partial charge in [0.1, 0.15) is 0 Å². The fraction of sp³-hybridized carbons (Fsp3) is 0.250. The quantitative estimate of drug-likeness (QED) is 0.831. The van der Waals surface area contributed by atoms with E-state index in [0.717, 1.165) is 24.2 Å². The van der Waals surface area contributed by atoms with E-state index in [0.29, 0.717) is 0 Å². The Hall–Kier alpha value is -1.80. The van der Waals surface area contributed by atoms with Gasteiger partial charge in [0.05, 0.1) is 0 Å². The topological polar surface area (TPSA) is 29.3 Å². The zero-order valence-electron chi connectivity index (χ0n) is 11.0. The molecule has 0 aliphatic carbocycles. The molecule has 0 amide bonds. The van der Waals surface area contributed by atoms with Gasteiger partial charge >= 0.3 is 0 Å². The van der Waals surface area contributed by atoms with Gasteiger partial charge < -0.3 is 10.6 Å². The Morgan fingerprint density at radius 2 is 1.72 bits per heavy atom. The van der Waals surface area contributed by atoms with Crippen molar-refractivity contribution in [2.24, 2.45) is 0 Å². The van der Waals surface area contributed by atoms with Crippen LogP contribution in [0.2, 0.25) is 0 Å². The number of nitrogens with zero attached hydrogens (tertiary/aromatic N) is 1. The third kappa shape index (κ3) is 3.34. The van der Waals surface area contributed by atoms with E-state index in [1.54, 1.807) is 0 Å². The molecule has 0 bridgehead atoms. The molecule has 0 aromatic heterocycles. The fourth-order valence-electron chi connectivity index (χ4n) is 1.98. The molecule has 2 aromatic rings. The molecule has 2 heteroatoms. The summed E-state index contributed by atoms with van der Waals surface area (Å²) >= 11 is 0. The Labute approximate surface area is 109 Å². The molecule has 0 unspecified atom stereocenters. The Kier molecular flexibility index (Phi) is 4.00. The molecule has 18 heavy (non-hydrogen) atoms. The van der Waals surface area contributed by atoms with Crippen molar-refractivity contribution in [3.05, 3.63) is 65.2 Å². The van der Waals surface area contributed by atoms with Crippen LogP contribution in [0.15, 0.2) is 42.5 Å². The van der Waals surface area contributed by atoms with Gasteiger partial charge in [0.15, 0.2) is 0 Å². The van der Waals surface area contributed by atoms with E-state index in [1.165, 1.54) is 11.1 Å². The summed E-state index contributed by atoms with van der Waals surface area (Å²) < 4.78 is 0. The minimum absolute atomic E-state index is 0.815. The molecule has 2 N–H and O–H groups in total. The Morgan fingerprint density at radius 3 is 2.33 bits per heavy atom.